The number of rotatable bonds is 9. The number of carbonyl (C=O) groups is 1. The number of carbonyl (C=O) groups excluding carboxylic acids is 1. The highest BCUT2D eigenvalue weighted by Crippen LogP contribution is 2.31. The van der Waals surface area contributed by atoms with Gasteiger partial charge in [0.1, 0.15) is 29.9 Å². The molecule has 5 N–H and O–H groups in total. The second kappa shape index (κ2) is 12.0. The average molecular weight is 449 g/mol. The predicted octanol–water partition coefficient (Wildman–Crippen LogP) is 0.171. The fourth-order valence-corrected chi connectivity index (χ4v) is 5.36. The Morgan fingerprint density at radius 1 is 1.23 bits per heavy atom. The number of aliphatic hydroxyl groups is 4. The van der Waals surface area contributed by atoms with Crippen LogP contribution in [0.3, 0.4) is 0 Å². The average Bonchev–Trinajstić information content (AvgIpc) is 2.72. The lowest BCUT2D eigenvalue weighted by atomic mass is 9.85. The molecule has 0 spiro atoms. The van der Waals surface area contributed by atoms with Crippen LogP contribution in [-0.2, 0) is 9.53 Å². The van der Waals surface area contributed by atoms with Crippen LogP contribution in [0.1, 0.15) is 46.5 Å². The highest BCUT2D eigenvalue weighted by atomic mass is 32.2. The summed E-state index contributed by atoms with van der Waals surface area (Å²) in [5.74, 6) is 0.285. The lowest BCUT2D eigenvalue weighted by Crippen LogP contribution is -2.65. The summed E-state index contributed by atoms with van der Waals surface area (Å²) in [5, 5.41) is 43.5. The number of aliphatic hydroxyl groups excluding tert-OH is 4. The van der Waals surface area contributed by atoms with Crippen LogP contribution in [-0.4, -0.2) is 99.1 Å². The zero-order valence-corrected chi connectivity index (χ0v) is 19.4. The Morgan fingerprint density at radius 2 is 1.93 bits per heavy atom. The first-order chi connectivity index (χ1) is 14.2. The number of nitrogens with one attached hydrogen (secondary N) is 1. The minimum atomic E-state index is -1.34. The largest absolute Gasteiger partial charge is 0.395 e. The number of amides is 1. The van der Waals surface area contributed by atoms with E-state index in [0.29, 0.717) is 12.5 Å². The molecule has 8 atom stereocenters. The van der Waals surface area contributed by atoms with Crippen LogP contribution in [0.15, 0.2) is 0 Å². The molecule has 2 rings (SSSR count). The van der Waals surface area contributed by atoms with E-state index in [2.05, 4.69) is 12.2 Å². The van der Waals surface area contributed by atoms with Gasteiger partial charge in [0.2, 0.25) is 5.91 Å². The fraction of sp³-hybridized carbons (Fsp3) is 0.952. The molecule has 0 aromatic heterocycles. The first-order valence-electron chi connectivity index (χ1n) is 11.1. The molecule has 0 aliphatic carbocycles. The summed E-state index contributed by atoms with van der Waals surface area (Å²) < 4.78 is 5.91. The monoisotopic (exact) mass is 448 g/mol. The maximum atomic E-state index is 13.3. The van der Waals surface area contributed by atoms with Gasteiger partial charge in [-0.2, -0.15) is 0 Å². The number of thioether (sulfide) groups is 1. The van der Waals surface area contributed by atoms with E-state index >= 15 is 0 Å². The van der Waals surface area contributed by atoms with Crippen LogP contribution >= 0.6 is 11.8 Å². The van der Waals surface area contributed by atoms with E-state index in [1.807, 2.05) is 18.7 Å². The second-order valence-electron chi connectivity index (χ2n) is 8.91. The maximum Gasteiger partial charge on any atom is 0.237 e. The number of β-amino-alcohol motifs (C(OH)–C–C–N with tert-alkyl or cyclic N) is 1. The highest BCUT2D eigenvalue weighted by molar-refractivity contribution is 7.99. The lowest BCUT2D eigenvalue weighted by molar-refractivity contribution is -0.208. The number of nitrogens with zero attached hydrogens (tertiary/aromatic N) is 1. The standard InChI is InChI=1S/C21H40N2O6S/c1-5-6-13-7-8-23(9-10-24)14(11-13)20(28)22-15(12(2)3)19-17(26)16(25)18(27)21(29-19)30-4/h12-19,21,24-27H,5-11H2,1-4H3,(H,22,28). The molecule has 30 heavy (non-hydrogen) atoms. The van der Waals surface area contributed by atoms with Crippen LogP contribution in [0, 0.1) is 11.8 Å². The fourth-order valence-electron chi connectivity index (χ4n) is 4.68. The molecular formula is C21H40N2O6S. The molecule has 2 heterocycles. The van der Waals surface area contributed by atoms with Gasteiger partial charge in [0.25, 0.3) is 0 Å². The van der Waals surface area contributed by atoms with E-state index in [-0.39, 0.29) is 24.5 Å². The number of hydrogen-bond donors (Lipinski definition) is 5. The lowest BCUT2D eigenvalue weighted by Gasteiger charge is -2.45. The number of hydrogen-bond acceptors (Lipinski definition) is 8. The summed E-state index contributed by atoms with van der Waals surface area (Å²) in [6, 6.07) is -0.858. The minimum Gasteiger partial charge on any atom is -0.395 e. The molecule has 0 radical (unpaired) electrons. The summed E-state index contributed by atoms with van der Waals surface area (Å²) in [6.45, 7) is 7.23. The van der Waals surface area contributed by atoms with Crippen molar-refractivity contribution in [3.05, 3.63) is 0 Å². The van der Waals surface area contributed by atoms with Gasteiger partial charge in [-0.3, -0.25) is 9.69 Å². The SMILES string of the molecule is CCCC1CCN(CCO)C(C(=O)NC(C(C)C)C2OC(SC)C(O)C(O)C2O)C1. The zero-order chi connectivity index (χ0) is 22.4. The summed E-state index contributed by atoms with van der Waals surface area (Å²) in [4.78, 5) is 15.3. The van der Waals surface area contributed by atoms with Gasteiger partial charge in [-0.25, -0.2) is 0 Å². The molecule has 0 aromatic rings. The third kappa shape index (κ3) is 6.09. The molecule has 1 amide bonds. The van der Waals surface area contributed by atoms with Gasteiger partial charge in [-0.15, -0.1) is 11.8 Å². The van der Waals surface area contributed by atoms with Crippen LogP contribution < -0.4 is 5.32 Å². The molecular weight excluding hydrogens is 408 g/mol. The molecule has 2 fully saturated rings. The van der Waals surface area contributed by atoms with Crippen LogP contribution in [0.25, 0.3) is 0 Å². The van der Waals surface area contributed by atoms with Crippen molar-refractivity contribution in [2.75, 3.05) is 26.0 Å². The Bertz CT molecular complexity index is 538. The predicted molar refractivity (Wildman–Crippen MR) is 117 cm³/mol. The first-order valence-corrected chi connectivity index (χ1v) is 12.4. The topological polar surface area (TPSA) is 122 Å². The van der Waals surface area contributed by atoms with Crippen LogP contribution in [0.5, 0.6) is 0 Å². The summed E-state index contributed by atoms with van der Waals surface area (Å²) >= 11 is 1.26. The van der Waals surface area contributed by atoms with Gasteiger partial charge in [-0.1, -0.05) is 33.6 Å². The van der Waals surface area contributed by atoms with Crippen molar-refractivity contribution in [2.24, 2.45) is 11.8 Å². The van der Waals surface area contributed by atoms with Crippen molar-refractivity contribution in [1.82, 2.24) is 10.2 Å². The smallest absolute Gasteiger partial charge is 0.237 e. The zero-order valence-electron chi connectivity index (χ0n) is 18.6. The molecule has 8 unspecified atom stereocenters. The summed E-state index contributed by atoms with van der Waals surface area (Å²) in [6.07, 6.45) is 1.02. The van der Waals surface area contributed by atoms with E-state index in [1.165, 1.54) is 11.8 Å². The normalized spacial score (nSPS) is 36.6. The van der Waals surface area contributed by atoms with Crippen molar-refractivity contribution in [3.63, 3.8) is 0 Å². The number of piperidine rings is 1. The van der Waals surface area contributed by atoms with E-state index in [9.17, 15) is 25.2 Å². The molecule has 0 aromatic carbocycles. The maximum absolute atomic E-state index is 13.3. The van der Waals surface area contributed by atoms with Gasteiger partial charge in [-0.05, 0) is 37.5 Å². The Hall–Kier alpha value is -0.420. The van der Waals surface area contributed by atoms with E-state index < -0.39 is 35.9 Å². The van der Waals surface area contributed by atoms with Crippen LogP contribution in [0.4, 0.5) is 0 Å². The van der Waals surface area contributed by atoms with Crippen molar-refractivity contribution in [3.8, 4) is 0 Å². The quantitative estimate of drug-likeness (QED) is 0.338. The van der Waals surface area contributed by atoms with E-state index in [1.54, 1.807) is 6.26 Å². The van der Waals surface area contributed by atoms with Gasteiger partial charge >= 0.3 is 0 Å². The van der Waals surface area contributed by atoms with Crippen molar-refractivity contribution in [1.29, 1.82) is 0 Å². The molecule has 8 nitrogen and oxygen atoms in total. The second-order valence-corrected chi connectivity index (χ2v) is 9.85. The van der Waals surface area contributed by atoms with Crippen molar-refractivity contribution >= 4 is 17.7 Å². The van der Waals surface area contributed by atoms with Crippen LogP contribution in [0.2, 0.25) is 0 Å². The van der Waals surface area contributed by atoms with Gasteiger partial charge in [0.15, 0.2) is 0 Å². The van der Waals surface area contributed by atoms with Gasteiger partial charge in [0.05, 0.1) is 18.7 Å². The Morgan fingerprint density at radius 3 is 2.50 bits per heavy atom. The van der Waals surface area contributed by atoms with E-state index in [0.717, 1.165) is 32.2 Å². The van der Waals surface area contributed by atoms with Crippen molar-refractivity contribution in [2.45, 2.75) is 88.4 Å². The third-order valence-corrected chi connectivity index (χ3v) is 7.28. The Balaban J connectivity index is 2.16. The van der Waals surface area contributed by atoms with Gasteiger partial charge in [0, 0.05) is 6.54 Å². The first kappa shape index (κ1) is 25.8. The number of ether oxygens (including phenoxy) is 1. The summed E-state index contributed by atoms with van der Waals surface area (Å²) in [5.41, 5.74) is -0.680. The molecule has 9 heteroatoms. The summed E-state index contributed by atoms with van der Waals surface area (Å²) in [7, 11) is 0. The van der Waals surface area contributed by atoms with E-state index in [4.69, 9.17) is 4.74 Å². The Kier molecular flexibility index (Phi) is 10.3. The minimum absolute atomic E-state index is 0.000230. The molecule has 2 aliphatic heterocycles. The highest BCUT2D eigenvalue weighted by Gasteiger charge is 2.48. The molecule has 176 valence electrons. The molecule has 0 bridgehead atoms. The van der Waals surface area contributed by atoms with Crippen molar-refractivity contribution < 1.29 is 30.0 Å². The molecule has 2 saturated heterocycles. The van der Waals surface area contributed by atoms with Gasteiger partial charge < -0.3 is 30.5 Å². The molecule has 2 aliphatic rings. The molecule has 0 saturated carbocycles. The Labute approximate surface area is 184 Å². The number of likely N-dealkylation sites (tertiary alicyclic amines) is 1. The third-order valence-electron chi connectivity index (χ3n) is 6.43.